The Morgan fingerprint density at radius 2 is 1.40 bits per heavy atom. The van der Waals surface area contributed by atoms with Crippen molar-refractivity contribution < 1.29 is 14.7 Å². The summed E-state index contributed by atoms with van der Waals surface area (Å²) < 4.78 is 0. The summed E-state index contributed by atoms with van der Waals surface area (Å²) in [6, 6.07) is 0. The maximum atomic E-state index is 11.4. The summed E-state index contributed by atoms with van der Waals surface area (Å²) in [4.78, 5) is 21.8. The first-order valence-corrected chi connectivity index (χ1v) is 9.95. The molecule has 0 aliphatic rings. The normalized spacial score (nSPS) is 11.4. The predicted molar refractivity (Wildman–Crippen MR) is 105 cm³/mol. The van der Waals surface area contributed by atoms with E-state index in [-0.39, 0.29) is 18.9 Å². The number of carboxylic acid groups (broad SMARTS) is 1. The van der Waals surface area contributed by atoms with E-state index >= 15 is 0 Å². The minimum absolute atomic E-state index is 0.00605. The summed E-state index contributed by atoms with van der Waals surface area (Å²) in [7, 11) is 0. The van der Waals surface area contributed by atoms with Crippen molar-refractivity contribution >= 4 is 11.9 Å². The van der Waals surface area contributed by atoms with Crippen molar-refractivity contribution in [3.05, 3.63) is 24.3 Å². The molecule has 0 aromatic heterocycles. The lowest BCUT2D eigenvalue weighted by Gasteiger charge is -2.03. The van der Waals surface area contributed by atoms with E-state index in [2.05, 4.69) is 36.5 Å². The van der Waals surface area contributed by atoms with Crippen LogP contribution in [0.25, 0.3) is 0 Å². The molecule has 0 spiro atoms. The SMILES string of the molecule is CCCCCC=CCC=CCCCCCCCC(=O)NCCC(=O)O. The van der Waals surface area contributed by atoms with Gasteiger partial charge in [-0.25, -0.2) is 0 Å². The van der Waals surface area contributed by atoms with Gasteiger partial charge < -0.3 is 10.4 Å². The van der Waals surface area contributed by atoms with Crippen LogP contribution in [-0.2, 0) is 9.59 Å². The maximum Gasteiger partial charge on any atom is 0.305 e. The Kier molecular flexibility index (Phi) is 17.6. The van der Waals surface area contributed by atoms with E-state index in [1.54, 1.807) is 0 Å². The molecule has 1 amide bonds. The number of amides is 1. The Hall–Kier alpha value is -1.58. The van der Waals surface area contributed by atoms with Crippen LogP contribution in [0.3, 0.4) is 0 Å². The lowest BCUT2D eigenvalue weighted by atomic mass is 10.1. The van der Waals surface area contributed by atoms with E-state index < -0.39 is 5.97 Å². The van der Waals surface area contributed by atoms with Crippen LogP contribution < -0.4 is 5.32 Å². The second kappa shape index (κ2) is 18.8. The standard InChI is InChI=1S/C21H37NO3/c1-2-3-4-5-6-7-8-9-10-11-12-13-14-15-16-17-20(23)22-19-18-21(24)25/h6-7,9-10H,2-5,8,11-19H2,1H3,(H,22,23)(H,24,25). The summed E-state index contributed by atoms with van der Waals surface area (Å²) in [5.41, 5.74) is 0. The maximum absolute atomic E-state index is 11.4. The van der Waals surface area contributed by atoms with Crippen molar-refractivity contribution in [1.82, 2.24) is 5.32 Å². The molecule has 0 fully saturated rings. The van der Waals surface area contributed by atoms with Crippen LogP contribution >= 0.6 is 0 Å². The number of rotatable bonds is 17. The van der Waals surface area contributed by atoms with Crippen molar-refractivity contribution in [2.75, 3.05) is 6.54 Å². The minimum Gasteiger partial charge on any atom is -0.481 e. The molecule has 0 bridgehead atoms. The fraction of sp³-hybridized carbons (Fsp3) is 0.714. The summed E-state index contributed by atoms with van der Waals surface area (Å²) >= 11 is 0. The molecule has 0 heterocycles. The first-order valence-electron chi connectivity index (χ1n) is 9.95. The van der Waals surface area contributed by atoms with E-state index in [4.69, 9.17) is 5.11 Å². The molecule has 0 unspecified atom stereocenters. The summed E-state index contributed by atoms with van der Waals surface area (Å²) in [6.07, 6.45) is 22.4. The first-order chi connectivity index (χ1) is 12.2. The van der Waals surface area contributed by atoms with E-state index in [1.807, 2.05) is 0 Å². The van der Waals surface area contributed by atoms with E-state index in [0.29, 0.717) is 6.42 Å². The number of unbranched alkanes of at least 4 members (excludes halogenated alkanes) is 8. The number of carbonyl (C=O) groups is 2. The first kappa shape index (κ1) is 23.4. The number of hydrogen-bond donors (Lipinski definition) is 2. The van der Waals surface area contributed by atoms with Crippen molar-refractivity contribution in [2.45, 2.75) is 90.4 Å². The lowest BCUT2D eigenvalue weighted by Crippen LogP contribution is -2.25. The lowest BCUT2D eigenvalue weighted by molar-refractivity contribution is -0.136. The molecule has 4 heteroatoms. The Balaban J connectivity index is 3.28. The van der Waals surface area contributed by atoms with Crippen LogP contribution in [0.15, 0.2) is 24.3 Å². The molecule has 0 saturated carbocycles. The Labute approximate surface area is 153 Å². The third-order valence-corrected chi connectivity index (χ3v) is 4.02. The van der Waals surface area contributed by atoms with Crippen molar-refractivity contribution in [3.8, 4) is 0 Å². The molecule has 0 aromatic carbocycles. The fourth-order valence-electron chi connectivity index (χ4n) is 2.49. The van der Waals surface area contributed by atoms with Crippen LogP contribution in [0.1, 0.15) is 90.4 Å². The molecule has 4 nitrogen and oxygen atoms in total. The number of hydrogen-bond acceptors (Lipinski definition) is 2. The van der Waals surface area contributed by atoms with Crippen molar-refractivity contribution in [1.29, 1.82) is 0 Å². The van der Waals surface area contributed by atoms with Crippen molar-refractivity contribution in [2.24, 2.45) is 0 Å². The molecule has 0 saturated heterocycles. The summed E-state index contributed by atoms with van der Waals surface area (Å²) in [6.45, 7) is 2.46. The highest BCUT2D eigenvalue weighted by atomic mass is 16.4. The van der Waals surface area contributed by atoms with Gasteiger partial charge in [0.05, 0.1) is 6.42 Å². The zero-order chi connectivity index (χ0) is 18.6. The monoisotopic (exact) mass is 351 g/mol. The van der Waals surface area contributed by atoms with Crippen molar-refractivity contribution in [3.63, 3.8) is 0 Å². The van der Waals surface area contributed by atoms with Crippen LogP contribution in [-0.4, -0.2) is 23.5 Å². The van der Waals surface area contributed by atoms with Gasteiger partial charge in [-0.3, -0.25) is 9.59 Å². The molecule has 2 N–H and O–H groups in total. The average Bonchev–Trinajstić information content (AvgIpc) is 2.58. The molecule has 144 valence electrons. The largest absolute Gasteiger partial charge is 0.481 e. The predicted octanol–water partition coefficient (Wildman–Crippen LogP) is 5.39. The number of aliphatic carboxylic acids is 1. The van der Waals surface area contributed by atoms with Gasteiger partial charge >= 0.3 is 5.97 Å². The molecule has 0 aromatic rings. The van der Waals surface area contributed by atoms with Gasteiger partial charge in [0.15, 0.2) is 0 Å². The van der Waals surface area contributed by atoms with Gasteiger partial charge in [0.2, 0.25) is 5.91 Å². The van der Waals surface area contributed by atoms with Gasteiger partial charge in [0, 0.05) is 13.0 Å². The highest BCUT2D eigenvalue weighted by Gasteiger charge is 2.02. The molecule has 0 rings (SSSR count). The van der Waals surface area contributed by atoms with Crippen LogP contribution in [0.5, 0.6) is 0 Å². The zero-order valence-electron chi connectivity index (χ0n) is 16.0. The molecular weight excluding hydrogens is 314 g/mol. The molecule has 25 heavy (non-hydrogen) atoms. The number of carbonyl (C=O) groups excluding carboxylic acids is 1. The minimum atomic E-state index is -0.877. The Morgan fingerprint density at radius 1 is 0.800 bits per heavy atom. The third kappa shape index (κ3) is 20.4. The molecule has 0 aliphatic carbocycles. The average molecular weight is 352 g/mol. The van der Waals surface area contributed by atoms with Crippen LogP contribution in [0.2, 0.25) is 0 Å². The van der Waals surface area contributed by atoms with Gasteiger partial charge in [-0.15, -0.1) is 0 Å². The fourth-order valence-corrected chi connectivity index (χ4v) is 2.49. The van der Waals surface area contributed by atoms with E-state index in [1.165, 1.54) is 38.5 Å². The second-order valence-corrected chi connectivity index (χ2v) is 6.47. The van der Waals surface area contributed by atoms with Gasteiger partial charge in [0.25, 0.3) is 0 Å². The summed E-state index contributed by atoms with van der Waals surface area (Å²) in [5.74, 6) is -0.913. The highest BCUT2D eigenvalue weighted by Crippen LogP contribution is 2.08. The van der Waals surface area contributed by atoms with Crippen LogP contribution in [0, 0.1) is 0 Å². The number of carboxylic acids is 1. The highest BCUT2D eigenvalue weighted by molar-refractivity contribution is 5.76. The van der Waals surface area contributed by atoms with Gasteiger partial charge in [0.1, 0.15) is 0 Å². The molecule has 0 atom stereocenters. The molecular formula is C21H37NO3. The molecule has 0 aliphatic heterocycles. The second-order valence-electron chi connectivity index (χ2n) is 6.47. The quantitative estimate of drug-likeness (QED) is 0.273. The third-order valence-electron chi connectivity index (χ3n) is 4.02. The van der Waals surface area contributed by atoms with Crippen LogP contribution in [0.4, 0.5) is 0 Å². The topological polar surface area (TPSA) is 66.4 Å². The Morgan fingerprint density at radius 3 is 2.04 bits per heavy atom. The number of nitrogens with one attached hydrogen (secondary N) is 1. The number of allylic oxidation sites excluding steroid dienone is 4. The van der Waals surface area contributed by atoms with Gasteiger partial charge in [-0.05, 0) is 38.5 Å². The Bertz CT molecular complexity index is 389. The van der Waals surface area contributed by atoms with Gasteiger partial charge in [-0.2, -0.15) is 0 Å². The van der Waals surface area contributed by atoms with E-state index in [9.17, 15) is 9.59 Å². The zero-order valence-corrected chi connectivity index (χ0v) is 16.0. The molecule has 0 radical (unpaired) electrons. The summed E-state index contributed by atoms with van der Waals surface area (Å²) in [5, 5.41) is 11.1. The smallest absolute Gasteiger partial charge is 0.305 e. The van der Waals surface area contributed by atoms with E-state index in [0.717, 1.165) is 32.1 Å². The van der Waals surface area contributed by atoms with Gasteiger partial charge in [-0.1, -0.05) is 63.3 Å².